The van der Waals surface area contributed by atoms with Crippen molar-refractivity contribution in [1.29, 1.82) is 0 Å². The number of hydrogen-bond donors (Lipinski definition) is 2. The fraction of sp³-hybridized carbons (Fsp3) is 0.500. The number of aryl methyl sites for hydroxylation is 1. The second-order valence-electron chi connectivity index (χ2n) is 5.69. The molecule has 1 unspecified atom stereocenters. The molecule has 3 heteroatoms. The van der Waals surface area contributed by atoms with Crippen molar-refractivity contribution >= 4 is 5.91 Å². The minimum absolute atomic E-state index is 0.00292. The quantitative estimate of drug-likeness (QED) is 0.685. The number of hydrogen-bond acceptors (Lipinski definition) is 2. The summed E-state index contributed by atoms with van der Waals surface area (Å²) in [5.41, 5.74) is 2.61. The molecule has 2 N–H and O–H groups in total. The summed E-state index contributed by atoms with van der Waals surface area (Å²) in [6, 6.07) is 8.91. The van der Waals surface area contributed by atoms with Gasteiger partial charge in [0.1, 0.15) is 0 Å². The summed E-state index contributed by atoms with van der Waals surface area (Å²) < 4.78 is 0. The van der Waals surface area contributed by atoms with Gasteiger partial charge in [-0.2, -0.15) is 0 Å². The van der Waals surface area contributed by atoms with Crippen LogP contribution in [0.3, 0.4) is 0 Å². The van der Waals surface area contributed by atoms with Gasteiger partial charge < -0.3 is 10.6 Å². The van der Waals surface area contributed by atoms with Gasteiger partial charge >= 0.3 is 0 Å². The van der Waals surface area contributed by atoms with Gasteiger partial charge in [0.25, 0.3) is 0 Å². The molecule has 0 spiro atoms. The lowest BCUT2D eigenvalue weighted by Gasteiger charge is -2.23. The van der Waals surface area contributed by atoms with Crippen molar-refractivity contribution < 1.29 is 4.79 Å². The number of benzene rings is 1. The molecule has 0 aromatic heterocycles. The SMILES string of the molecule is C=CCNC(=O)CNC(c1ccc(CCC)cc1)C(C)C. The molecule has 0 saturated carbocycles. The minimum Gasteiger partial charge on any atom is -0.352 e. The molecule has 3 nitrogen and oxygen atoms in total. The van der Waals surface area contributed by atoms with Crippen molar-refractivity contribution in [2.75, 3.05) is 13.1 Å². The zero-order valence-electron chi connectivity index (χ0n) is 13.5. The maximum Gasteiger partial charge on any atom is 0.234 e. The number of carbonyl (C=O) groups excluding carboxylic acids is 1. The normalized spacial score (nSPS) is 12.2. The van der Waals surface area contributed by atoms with Crippen molar-refractivity contribution in [2.45, 2.75) is 39.7 Å². The Kier molecular flexibility index (Phi) is 7.76. The maximum atomic E-state index is 11.7. The third kappa shape index (κ3) is 6.13. The van der Waals surface area contributed by atoms with Crippen LogP contribution in [-0.4, -0.2) is 19.0 Å². The molecule has 0 aliphatic rings. The summed E-state index contributed by atoms with van der Waals surface area (Å²) in [6.45, 7) is 11.0. The lowest BCUT2D eigenvalue weighted by atomic mass is 9.94. The van der Waals surface area contributed by atoms with Gasteiger partial charge in [0, 0.05) is 12.6 Å². The van der Waals surface area contributed by atoms with E-state index in [0.29, 0.717) is 19.0 Å². The highest BCUT2D eigenvalue weighted by atomic mass is 16.1. The molecule has 1 aromatic carbocycles. The van der Waals surface area contributed by atoms with Crippen LogP contribution in [0.2, 0.25) is 0 Å². The molecular formula is C18H28N2O. The summed E-state index contributed by atoms with van der Waals surface area (Å²) in [7, 11) is 0. The minimum atomic E-state index is 0.00292. The van der Waals surface area contributed by atoms with E-state index in [1.54, 1.807) is 6.08 Å². The van der Waals surface area contributed by atoms with E-state index in [4.69, 9.17) is 0 Å². The first kappa shape index (κ1) is 17.4. The van der Waals surface area contributed by atoms with Crippen molar-refractivity contribution in [2.24, 2.45) is 5.92 Å². The molecule has 116 valence electrons. The molecule has 0 aliphatic heterocycles. The number of rotatable bonds is 9. The predicted molar refractivity (Wildman–Crippen MR) is 89.2 cm³/mol. The van der Waals surface area contributed by atoms with Gasteiger partial charge in [0.05, 0.1) is 6.54 Å². The van der Waals surface area contributed by atoms with Gasteiger partial charge in [-0.1, -0.05) is 57.5 Å². The summed E-state index contributed by atoms with van der Waals surface area (Å²) in [5, 5.41) is 6.13. The Balaban J connectivity index is 2.64. The highest BCUT2D eigenvalue weighted by Crippen LogP contribution is 2.22. The lowest BCUT2D eigenvalue weighted by molar-refractivity contribution is -0.120. The molecule has 0 fully saturated rings. The number of nitrogens with one attached hydrogen (secondary N) is 2. The fourth-order valence-corrected chi connectivity index (χ4v) is 2.37. The van der Waals surface area contributed by atoms with Gasteiger partial charge in [0.15, 0.2) is 0 Å². The van der Waals surface area contributed by atoms with Gasteiger partial charge in [-0.05, 0) is 23.5 Å². The van der Waals surface area contributed by atoms with Crippen LogP contribution in [0.15, 0.2) is 36.9 Å². The molecule has 0 bridgehead atoms. The third-order valence-electron chi connectivity index (χ3n) is 3.47. The van der Waals surface area contributed by atoms with E-state index in [1.807, 2.05) is 0 Å². The summed E-state index contributed by atoms with van der Waals surface area (Å²) in [4.78, 5) is 11.7. The van der Waals surface area contributed by atoms with E-state index >= 15 is 0 Å². The zero-order valence-corrected chi connectivity index (χ0v) is 13.5. The van der Waals surface area contributed by atoms with Crippen LogP contribution in [0.25, 0.3) is 0 Å². The fourth-order valence-electron chi connectivity index (χ4n) is 2.37. The summed E-state index contributed by atoms with van der Waals surface area (Å²) in [6.07, 6.45) is 3.96. The molecule has 0 heterocycles. The molecule has 0 radical (unpaired) electrons. The van der Waals surface area contributed by atoms with Crippen LogP contribution in [0, 0.1) is 5.92 Å². The summed E-state index contributed by atoms with van der Waals surface area (Å²) in [5.74, 6) is 0.428. The van der Waals surface area contributed by atoms with Crippen LogP contribution >= 0.6 is 0 Å². The van der Waals surface area contributed by atoms with Crippen molar-refractivity contribution in [1.82, 2.24) is 10.6 Å². The topological polar surface area (TPSA) is 41.1 Å². The Morgan fingerprint density at radius 3 is 2.48 bits per heavy atom. The van der Waals surface area contributed by atoms with Gasteiger partial charge in [-0.15, -0.1) is 6.58 Å². The molecule has 1 aromatic rings. The van der Waals surface area contributed by atoms with Crippen LogP contribution < -0.4 is 10.6 Å². The average molecular weight is 288 g/mol. The first-order valence-corrected chi connectivity index (χ1v) is 7.78. The molecule has 0 aliphatic carbocycles. The first-order valence-electron chi connectivity index (χ1n) is 7.78. The van der Waals surface area contributed by atoms with Crippen LogP contribution in [0.4, 0.5) is 0 Å². The largest absolute Gasteiger partial charge is 0.352 e. The van der Waals surface area contributed by atoms with E-state index in [9.17, 15) is 4.79 Å². The van der Waals surface area contributed by atoms with E-state index in [1.165, 1.54) is 11.1 Å². The Hall–Kier alpha value is -1.61. The Morgan fingerprint density at radius 2 is 1.95 bits per heavy atom. The molecule has 1 atom stereocenters. The lowest BCUT2D eigenvalue weighted by Crippen LogP contribution is -2.37. The van der Waals surface area contributed by atoms with E-state index in [0.717, 1.165) is 12.8 Å². The average Bonchev–Trinajstić information content (AvgIpc) is 2.47. The van der Waals surface area contributed by atoms with E-state index in [2.05, 4.69) is 62.2 Å². The van der Waals surface area contributed by atoms with Crippen molar-refractivity contribution in [3.8, 4) is 0 Å². The number of amides is 1. The smallest absolute Gasteiger partial charge is 0.234 e. The van der Waals surface area contributed by atoms with E-state index in [-0.39, 0.29) is 11.9 Å². The zero-order chi connectivity index (χ0) is 15.7. The number of carbonyl (C=O) groups is 1. The van der Waals surface area contributed by atoms with Crippen molar-refractivity contribution in [3.63, 3.8) is 0 Å². The third-order valence-corrected chi connectivity index (χ3v) is 3.47. The monoisotopic (exact) mass is 288 g/mol. The second-order valence-corrected chi connectivity index (χ2v) is 5.69. The maximum absolute atomic E-state index is 11.7. The van der Waals surface area contributed by atoms with Crippen molar-refractivity contribution in [3.05, 3.63) is 48.0 Å². The molecule has 21 heavy (non-hydrogen) atoms. The Labute approximate surface area is 128 Å². The van der Waals surface area contributed by atoms with E-state index < -0.39 is 0 Å². The van der Waals surface area contributed by atoms with Crippen LogP contribution in [-0.2, 0) is 11.2 Å². The van der Waals surface area contributed by atoms with Gasteiger partial charge in [0.2, 0.25) is 5.91 Å². The molecule has 1 rings (SSSR count). The summed E-state index contributed by atoms with van der Waals surface area (Å²) >= 11 is 0. The van der Waals surface area contributed by atoms with Crippen LogP contribution in [0.1, 0.15) is 44.4 Å². The Bertz CT molecular complexity index is 437. The first-order chi connectivity index (χ1) is 10.1. The van der Waals surface area contributed by atoms with Crippen LogP contribution in [0.5, 0.6) is 0 Å². The standard InChI is InChI=1S/C18H28N2O/c1-5-7-15-8-10-16(11-9-15)18(14(3)4)20-13-17(21)19-12-6-2/h6,8-11,14,18,20H,2,5,7,12-13H2,1,3-4H3,(H,19,21). The molecule has 1 amide bonds. The highest BCUT2D eigenvalue weighted by Gasteiger charge is 2.16. The highest BCUT2D eigenvalue weighted by molar-refractivity contribution is 5.78. The second kappa shape index (κ2) is 9.35. The molecule has 0 saturated heterocycles. The Morgan fingerprint density at radius 1 is 1.29 bits per heavy atom. The predicted octanol–water partition coefficient (Wildman–Crippen LogP) is 3.23. The van der Waals surface area contributed by atoms with Gasteiger partial charge in [-0.3, -0.25) is 4.79 Å². The van der Waals surface area contributed by atoms with Gasteiger partial charge in [-0.25, -0.2) is 0 Å². The molecular weight excluding hydrogens is 260 g/mol.